The Balaban J connectivity index is 1.19. The highest BCUT2D eigenvalue weighted by Crippen LogP contribution is 2.18. The number of anilines is 1. The lowest BCUT2D eigenvalue weighted by Crippen LogP contribution is -2.36. The van der Waals surface area contributed by atoms with Gasteiger partial charge in [0.25, 0.3) is 11.8 Å². The van der Waals surface area contributed by atoms with Gasteiger partial charge in [-0.05, 0) is 85.7 Å². The Morgan fingerprint density at radius 3 is 1.95 bits per heavy atom. The van der Waals surface area contributed by atoms with Crippen LogP contribution in [-0.4, -0.2) is 36.2 Å². The van der Waals surface area contributed by atoms with E-state index in [0.717, 1.165) is 18.6 Å². The van der Waals surface area contributed by atoms with Crippen LogP contribution < -0.4 is 25.4 Å². The third-order valence-electron chi connectivity index (χ3n) is 6.05. The molecular weight excluding hydrogens is 486 g/mol. The molecule has 3 aromatic carbocycles. The van der Waals surface area contributed by atoms with Crippen molar-refractivity contribution in [2.24, 2.45) is 0 Å². The predicted octanol–water partition coefficient (Wildman–Crippen LogP) is 5.33. The number of para-hydroxylation sites is 1. The Labute approximate surface area is 222 Å². The van der Waals surface area contributed by atoms with Crippen LogP contribution in [0.4, 0.5) is 5.69 Å². The molecule has 1 aliphatic rings. The number of hydrogen-bond donors (Lipinski definition) is 3. The van der Waals surface area contributed by atoms with Gasteiger partial charge in [-0.25, -0.2) is 0 Å². The molecule has 4 rings (SSSR count). The first-order valence-electron chi connectivity index (χ1n) is 12.5. The van der Waals surface area contributed by atoms with Crippen LogP contribution in [0, 0.1) is 0 Å². The van der Waals surface area contributed by atoms with Gasteiger partial charge < -0.3 is 20.1 Å². The summed E-state index contributed by atoms with van der Waals surface area (Å²) in [6.45, 7) is 0.799. The molecule has 0 spiro atoms. The van der Waals surface area contributed by atoms with Gasteiger partial charge in [0, 0.05) is 22.9 Å². The van der Waals surface area contributed by atoms with Gasteiger partial charge in [0.15, 0.2) is 5.11 Å². The van der Waals surface area contributed by atoms with Crippen LogP contribution in [0.15, 0.2) is 78.9 Å². The monoisotopic (exact) mass is 517 g/mol. The third-order valence-corrected chi connectivity index (χ3v) is 6.26. The van der Waals surface area contributed by atoms with Crippen molar-refractivity contribution < 1.29 is 19.1 Å². The lowest BCUT2D eigenvalue weighted by Gasteiger charge is -2.22. The summed E-state index contributed by atoms with van der Waals surface area (Å²) in [6.07, 6.45) is 5.66. The highest BCUT2D eigenvalue weighted by molar-refractivity contribution is 7.80. The fraction of sp³-hybridized carbons (Fsp3) is 0.276. The van der Waals surface area contributed by atoms with Crippen LogP contribution in [0.2, 0.25) is 0 Å². The number of hydrogen-bond acceptors (Lipinski definition) is 5. The second-order valence-electron chi connectivity index (χ2n) is 8.83. The molecule has 0 atom stereocenters. The van der Waals surface area contributed by atoms with E-state index in [0.29, 0.717) is 35.8 Å². The summed E-state index contributed by atoms with van der Waals surface area (Å²) in [7, 11) is 0. The summed E-state index contributed by atoms with van der Waals surface area (Å²) in [6, 6.07) is 23.6. The molecule has 3 N–H and O–H groups in total. The Morgan fingerprint density at radius 2 is 1.30 bits per heavy atom. The smallest absolute Gasteiger partial charge is 0.257 e. The highest BCUT2D eigenvalue weighted by atomic mass is 32.1. The standard InChI is InChI=1S/C29H31N3O4S/c33-27(30-23-7-3-1-4-8-23)21-11-15-24(16-12-21)31-29(37)32-28(34)22-13-17-26(18-14-22)36-20-19-35-25-9-5-2-6-10-25/h2,5-6,9-18,23H,1,3-4,7-8,19-20H2,(H,30,33)(H2,31,32,34,37). The van der Waals surface area contributed by atoms with E-state index in [4.69, 9.17) is 21.7 Å². The lowest BCUT2D eigenvalue weighted by atomic mass is 9.95. The number of carbonyl (C=O) groups is 2. The van der Waals surface area contributed by atoms with Crippen molar-refractivity contribution in [2.75, 3.05) is 18.5 Å². The van der Waals surface area contributed by atoms with Crippen molar-refractivity contribution in [1.29, 1.82) is 0 Å². The SMILES string of the molecule is O=C(NC(=S)Nc1ccc(C(=O)NC2CCCCC2)cc1)c1ccc(OCCOc2ccccc2)cc1. The van der Waals surface area contributed by atoms with E-state index in [1.54, 1.807) is 48.5 Å². The second-order valence-corrected chi connectivity index (χ2v) is 9.24. The molecule has 192 valence electrons. The van der Waals surface area contributed by atoms with Gasteiger partial charge in [-0.15, -0.1) is 0 Å². The minimum atomic E-state index is -0.333. The first-order chi connectivity index (χ1) is 18.1. The van der Waals surface area contributed by atoms with E-state index < -0.39 is 0 Å². The summed E-state index contributed by atoms with van der Waals surface area (Å²) in [5, 5.41) is 8.92. The third kappa shape index (κ3) is 8.32. The largest absolute Gasteiger partial charge is 0.490 e. The Kier molecular flexibility index (Phi) is 9.48. The molecule has 0 radical (unpaired) electrons. The maximum Gasteiger partial charge on any atom is 0.257 e. The van der Waals surface area contributed by atoms with Crippen molar-refractivity contribution >= 4 is 34.8 Å². The van der Waals surface area contributed by atoms with E-state index in [9.17, 15) is 9.59 Å². The minimum Gasteiger partial charge on any atom is -0.490 e. The summed E-state index contributed by atoms with van der Waals surface area (Å²) in [4.78, 5) is 25.0. The van der Waals surface area contributed by atoms with Crippen LogP contribution in [-0.2, 0) is 0 Å². The molecule has 0 unspecified atom stereocenters. The topological polar surface area (TPSA) is 88.7 Å². The van der Waals surface area contributed by atoms with Gasteiger partial charge in [0.05, 0.1) is 0 Å². The first kappa shape index (κ1) is 26.2. The first-order valence-corrected chi connectivity index (χ1v) is 12.9. The maximum atomic E-state index is 12.6. The lowest BCUT2D eigenvalue weighted by molar-refractivity contribution is 0.0926. The van der Waals surface area contributed by atoms with Crippen molar-refractivity contribution in [3.63, 3.8) is 0 Å². The number of rotatable bonds is 9. The van der Waals surface area contributed by atoms with Gasteiger partial charge >= 0.3 is 0 Å². The fourth-order valence-electron chi connectivity index (χ4n) is 4.10. The normalized spacial score (nSPS) is 13.3. The second kappa shape index (κ2) is 13.4. The summed E-state index contributed by atoms with van der Waals surface area (Å²) in [5.41, 5.74) is 1.73. The van der Waals surface area contributed by atoms with E-state index in [2.05, 4.69) is 16.0 Å². The number of nitrogens with one attached hydrogen (secondary N) is 3. The quantitative estimate of drug-likeness (QED) is 0.263. The van der Waals surface area contributed by atoms with Gasteiger partial charge in [-0.2, -0.15) is 0 Å². The summed E-state index contributed by atoms with van der Waals surface area (Å²) < 4.78 is 11.3. The van der Waals surface area contributed by atoms with Crippen molar-refractivity contribution in [2.45, 2.75) is 38.1 Å². The maximum absolute atomic E-state index is 12.6. The minimum absolute atomic E-state index is 0.0644. The van der Waals surface area contributed by atoms with Crippen LogP contribution in [0.1, 0.15) is 52.8 Å². The van der Waals surface area contributed by atoms with Gasteiger partial charge in [0.1, 0.15) is 24.7 Å². The van der Waals surface area contributed by atoms with Crippen LogP contribution in [0.3, 0.4) is 0 Å². The molecule has 8 heteroatoms. The summed E-state index contributed by atoms with van der Waals surface area (Å²) in [5.74, 6) is 1.03. The fourth-order valence-corrected chi connectivity index (χ4v) is 4.31. The van der Waals surface area contributed by atoms with Gasteiger partial charge in [-0.1, -0.05) is 37.5 Å². The molecule has 1 saturated carbocycles. The average molecular weight is 518 g/mol. The van der Waals surface area contributed by atoms with E-state index >= 15 is 0 Å². The molecule has 7 nitrogen and oxygen atoms in total. The van der Waals surface area contributed by atoms with Gasteiger partial charge in [-0.3, -0.25) is 14.9 Å². The average Bonchev–Trinajstić information content (AvgIpc) is 2.93. The van der Waals surface area contributed by atoms with Gasteiger partial charge in [0.2, 0.25) is 0 Å². The highest BCUT2D eigenvalue weighted by Gasteiger charge is 2.16. The Morgan fingerprint density at radius 1 is 0.730 bits per heavy atom. The molecule has 3 aromatic rings. The Hall–Kier alpha value is -3.91. The molecule has 0 aromatic heterocycles. The van der Waals surface area contributed by atoms with E-state index in [1.807, 2.05) is 30.3 Å². The van der Waals surface area contributed by atoms with Crippen LogP contribution in [0.5, 0.6) is 11.5 Å². The molecule has 0 aliphatic heterocycles. The predicted molar refractivity (Wildman–Crippen MR) is 148 cm³/mol. The number of ether oxygens (including phenoxy) is 2. The molecule has 0 saturated heterocycles. The molecule has 1 fully saturated rings. The zero-order valence-corrected chi connectivity index (χ0v) is 21.4. The number of amides is 2. The molecule has 1 aliphatic carbocycles. The van der Waals surface area contributed by atoms with Crippen LogP contribution >= 0.6 is 12.2 Å². The Bertz CT molecular complexity index is 1180. The number of benzene rings is 3. The number of carbonyl (C=O) groups excluding carboxylic acids is 2. The molecule has 2 amide bonds. The number of thiocarbonyl (C=S) groups is 1. The molecule has 0 heterocycles. The van der Waals surface area contributed by atoms with Crippen molar-refractivity contribution in [3.8, 4) is 11.5 Å². The zero-order valence-electron chi connectivity index (χ0n) is 20.6. The molecule has 37 heavy (non-hydrogen) atoms. The molecular formula is C29H31N3O4S. The zero-order chi connectivity index (χ0) is 25.9. The van der Waals surface area contributed by atoms with E-state index in [-0.39, 0.29) is 23.0 Å². The molecule has 0 bridgehead atoms. The summed E-state index contributed by atoms with van der Waals surface area (Å²) >= 11 is 5.28. The van der Waals surface area contributed by atoms with Crippen LogP contribution in [0.25, 0.3) is 0 Å². The van der Waals surface area contributed by atoms with Crippen molar-refractivity contribution in [1.82, 2.24) is 10.6 Å². The van der Waals surface area contributed by atoms with E-state index in [1.165, 1.54) is 19.3 Å². The van der Waals surface area contributed by atoms with Crippen molar-refractivity contribution in [3.05, 3.63) is 90.0 Å².